The second-order valence-corrected chi connectivity index (χ2v) is 4.71. The molecule has 0 aliphatic rings. The van der Waals surface area contributed by atoms with Crippen LogP contribution in [0, 0.1) is 6.92 Å². The standard InChI is InChI=1S/C14H22N6/c1-5-12-11(8-20(4)19-12)7-16-14-10(3)13(15-6-2)17-9-18-14/h8-9H,5-7H2,1-4H3,(H2,15,16,17,18). The molecule has 0 saturated heterocycles. The zero-order valence-corrected chi connectivity index (χ0v) is 12.6. The fourth-order valence-corrected chi connectivity index (χ4v) is 2.18. The first-order valence-electron chi connectivity index (χ1n) is 6.96. The number of nitrogens with zero attached hydrogens (tertiary/aromatic N) is 4. The molecule has 20 heavy (non-hydrogen) atoms. The second-order valence-electron chi connectivity index (χ2n) is 4.71. The summed E-state index contributed by atoms with van der Waals surface area (Å²) in [5.74, 6) is 1.74. The number of aryl methyl sites for hydroxylation is 2. The second kappa shape index (κ2) is 6.36. The van der Waals surface area contributed by atoms with E-state index in [0.717, 1.165) is 42.4 Å². The lowest BCUT2D eigenvalue weighted by molar-refractivity contribution is 0.746. The first-order chi connectivity index (χ1) is 9.65. The van der Waals surface area contributed by atoms with Crippen molar-refractivity contribution in [2.45, 2.75) is 33.7 Å². The molecule has 6 nitrogen and oxygen atoms in total. The van der Waals surface area contributed by atoms with Crippen LogP contribution in [0.5, 0.6) is 0 Å². The highest BCUT2D eigenvalue weighted by Gasteiger charge is 2.09. The van der Waals surface area contributed by atoms with E-state index in [-0.39, 0.29) is 0 Å². The highest BCUT2D eigenvalue weighted by atomic mass is 15.3. The molecular weight excluding hydrogens is 252 g/mol. The number of hydrogen-bond acceptors (Lipinski definition) is 5. The van der Waals surface area contributed by atoms with Crippen LogP contribution in [0.3, 0.4) is 0 Å². The van der Waals surface area contributed by atoms with E-state index in [1.807, 2.05) is 24.9 Å². The Morgan fingerprint density at radius 1 is 1.15 bits per heavy atom. The molecule has 0 saturated carbocycles. The summed E-state index contributed by atoms with van der Waals surface area (Å²) >= 11 is 0. The summed E-state index contributed by atoms with van der Waals surface area (Å²) in [6.07, 6.45) is 4.56. The molecule has 0 atom stereocenters. The molecule has 0 aromatic carbocycles. The van der Waals surface area contributed by atoms with Crippen LogP contribution in [0.1, 0.15) is 30.7 Å². The Morgan fingerprint density at radius 3 is 2.50 bits per heavy atom. The molecule has 2 aromatic rings. The van der Waals surface area contributed by atoms with Gasteiger partial charge in [-0.2, -0.15) is 5.10 Å². The molecule has 2 N–H and O–H groups in total. The fourth-order valence-electron chi connectivity index (χ4n) is 2.18. The van der Waals surface area contributed by atoms with Crippen molar-refractivity contribution in [3.63, 3.8) is 0 Å². The van der Waals surface area contributed by atoms with Gasteiger partial charge in [-0.1, -0.05) is 6.92 Å². The van der Waals surface area contributed by atoms with Gasteiger partial charge >= 0.3 is 0 Å². The quantitative estimate of drug-likeness (QED) is 0.844. The van der Waals surface area contributed by atoms with E-state index in [4.69, 9.17) is 0 Å². The third-order valence-corrected chi connectivity index (χ3v) is 3.20. The van der Waals surface area contributed by atoms with Gasteiger partial charge in [-0.15, -0.1) is 0 Å². The third-order valence-electron chi connectivity index (χ3n) is 3.20. The maximum absolute atomic E-state index is 4.44. The summed E-state index contributed by atoms with van der Waals surface area (Å²) in [4.78, 5) is 8.55. The zero-order valence-electron chi connectivity index (χ0n) is 12.6. The lowest BCUT2D eigenvalue weighted by atomic mass is 10.2. The van der Waals surface area contributed by atoms with E-state index in [9.17, 15) is 0 Å². The van der Waals surface area contributed by atoms with E-state index in [0.29, 0.717) is 0 Å². The average molecular weight is 274 g/mol. The van der Waals surface area contributed by atoms with Gasteiger partial charge in [0.05, 0.1) is 5.69 Å². The van der Waals surface area contributed by atoms with Crippen LogP contribution in [0.2, 0.25) is 0 Å². The van der Waals surface area contributed by atoms with Crippen LogP contribution in [0.15, 0.2) is 12.5 Å². The highest BCUT2D eigenvalue weighted by Crippen LogP contribution is 2.19. The molecule has 2 aromatic heterocycles. The first-order valence-corrected chi connectivity index (χ1v) is 6.96. The van der Waals surface area contributed by atoms with Crippen LogP contribution in [-0.2, 0) is 20.0 Å². The van der Waals surface area contributed by atoms with Gasteiger partial charge in [0.15, 0.2) is 0 Å². The zero-order chi connectivity index (χ0) is 14.5. The van der Waals surface area contributed by atoms with Gasteiger partial charge in [0.1, 0.15) is 18.0 Å². The van der Waals surface area contributed by atoms with Crippen molar-refractivity contribution in [1.82, 2.24) is 19.7 Å². The Bertz CT molecular complexity index is 575. The maximum Gasteiger partial charge on any atom is 0.134 e. The molecule has 0 amide bonds. The van der Waals surface area contributed by atoms with E-state index < -0.39 is 0 Å². The lowest BCUT2D eigenvalue weighted by Gasteiger charge is -2.11. The van der Waals surface area contributed by atoms with Crippen LogP contribution >= 0.6 is 0 Å². The minimum absolute atomic E-state index is 0.723. The summed E-state index contributed by atoms with van der Waals surface area (Å²) in [6, 6.07) is 0. The minimum atomic E-state index is 0.723. The minimum Gasteiger partial charge on any atom is -0.370 e. The average Bonchev–Trinajstić information content (AvgIpc) is 2.80. The van der Waals surface area contributed by atoms with Gasteiger partial charge in [-0.25, -0.2) is 9.97 Å². The molecule has 2 rings (SSSR count). The Labute approximate surface area is 119 Å². The maximum atomic E-state index is 4.44. The predicted molar refractivity (Wildman–Crippen MR) is 80.8 cm³/mol. The largest absolute Gasteiger partial charge is 0.370 e. The summed E-state index contributed by atoms with van der Waals surface area (Å²) in [6.45, 7) is 7.76. The molecule has 0 spiro atoms. The number of rotatable bonds is 6. The molecule has 0 bridgehead atoms. The summed E-state index contributed by atoms with van der Waals surface area (Å²) in [5, 5.41) is 11.0. The van der Waals surface area contributed by atoms with Crippen LogP contribution in [0.4, 0.5) is 11.6 Å². The monoisotopic (exact) mass is 274 g/mol. The molecular formula is C14H22N6. The number of anilines is 2. The first kappa shape index (κ1) is 14.3. The molecule has 0 aliphatic heterocycles. The van der Waals surface area contributed by atoms with Gasteiger partial charge in [0.2, 0.25) is 0 Å². The van der Waals surface area contributed by atoms with Crippen molar-refractivity contribution in [2.75, 3.05) is 17.2 Å². The predicted octanol–water partition coefficient (Wildman–Crippen LogP) is 2.12. The number of nitrogens with one attached hydrogen (secondary N) is 2. The normalized spacial score (nSPS) is 10.6. The summed E-state index contributed by atoms with van der Waals surface area (Å²) in [5.41, 5.74) is 3.37. The van der Waals surface area contributed by atoms with E-state index in [1.165, 1.54) is 5.56 Å². The number of hydrogen-bond donors (Lipinski definition) is 2. The fraction of sp³-hybridized carbons (Fsp3) is 0.500. The SMILES string of the molecule is CCNc1ncnc(NCc2cn(C)nc2CC)c1C. The van der Waals surface area contributed by atoms with Crippen LogP contribution in [-0.4, -0.2) is 26.3 Å². The lowest BCUT2D eigenvalue weighted by Crippen LogP contribution is -2.08. The number of aromatic nitrogens is 4. The van der Waals surface area contributed by atoms with Gasteiger partial charge in [0, 0.05) is 37.5 Å². The van der Waals surface area contributed by atoms with Gasteiger partial charge < -0.3 is 10.6 Å². The summed E-state index contributed by atoms with van der Waals surface area (Å²) < 4.78 is 1.85. The van der Waals surface area contributed by atoms with Crippen molar-refractivity contribution in [3.8, 4) is 0 Å². The molecule has 6 heteroatoms. The smallest absolute Gasteiger partial charge is 0.134 e. The van der Waals surface area contributed by atoms with Gasteiger partial charge in [-0.05, 0) is 20.3 Å². The summed E-state index contributed by atoms with van der Waals surface area (Å²) in [7, 11) is 1.95. The van der Waals surface area contributed by atoms with E-state index in [1.54, 1.807) is 6.33 Å². The van der Waals surface area contributed by atoms with Crippen molar-refractivity contribution < 1.29 is 0 Å². The van der Waals surface area contributed by atoms with Crippen molar-refractivity contribution in [2.24, 2.45) is 7.05 Å². The Balaban J connectivity index is 2.12. The molecule has 2 heterocycles. The molecule has 0 radical (unpaired) electrons. The van der Waals surface area contributed by atoms with Crippen molar-refractivity contribution in [1.29, 1.82) is 0 Å². The Hall–Kier alpha value is -2.11. The molecule has 108 valence electrons. The topological polar surface area (TPSA) is 67.7 Å². The van der Waals surface area contributed by atoms with Gasteiger partial charge in [0.25, 0.3) is 0 Å². The van der Waals surface area contributed by atoms with Gasteiger partial charge in [-0.3, -0.25) is 4.68 Å². The Morgan fingerprint density at radius 2 is 1.85 bits per heavy atom. The third kappa shape index (κ3) is 3.07. The van der Waals surface area contributed by atoms with E-state index in [2.05, 4.69) is 39.5 Å². The van der Waals surface area contributed by atoms with Crippen molar-refractivity contribution >= 4 is 11.6 Å². The Kier molecular flexibility index (Phi) is 4.55. The van der Waals surface area contributed by atoms with E-state index >= 15 is 0 Å². The van der Waals surface area contributed by atoms with Crippen molar-refractivity contribution in [3.05, 3.63) is 29.3 Å². The van der Waals surface area contributed by atoms with Crippen LogP contribution in [0.25, 0.3) is 0 Å². The molecule has 0 fully saturated rings. The molecule has 0 unspecified atom stereocenters. The van der Waals surface area contributed by atoms with Crippen LogP contribution < -0.4 is 10.6 Å². The molecule has 0 aliphatic carbocycles. The highest BCUT2D eigenvalue weighted by molar-refractivity contribution is 5.56.